The number of hydrogen-bond acceptors (Lipinski definition) is 2. The van der Waals surface area contributed by atoms with Gasteiger partial charge >= 0.3 is 0 Å². The van der Waals surface area contributed by atoms with Gasteiger partial charge in [0.25, 0.3) is 11.8 Å². The third-order valence-electron chi connectivity index (χ3n) is 4.28. The summed E-state index contributed by atoms with van der Waals surface area (Å²) in [5, 5.41) is 2.71. The molecule has 0 spiro atoms. The number of amides is 2. The molecule has 3 rings (SSSR count). The summed E-state index contributed by atoms with van der Waals surface area (Å²) < 4.78 is 13.6. The molecule has 0 fully saturated rings. The number of halogens is 1. The van der Waals surface area contributed by atoms with Gasteiger partial charge in [-0.3, -0.25) is 9.59 Å². The largest absolute Gasteiger partial charge is 0.366 e. The van der Waals surface area contributed by atoms with Gasteiger partial charge in [-0.2, -0.15) is 0 Å². The number of aryl methyl sites for hydroxylation is 2. The van der Waals surface area contributed by atoms with E-state index in [0.717, 1.165) is 18.1 Å². The van der Waals surface area contributed by atoms with Crippen LogP contribution in [0, 0.1) is 5.82 Å². The summed E-state index contributed by atoms with van der Waals surface area (Å²) in [5.41, 5.74) is 7.85. The van der Waals surface area contributed by atoms with Gasteiger partial charge in [-0.25, -0.2) is 4.39 Å². The Balaban J connectivity index is 1.77. The Labute approximate surface area is 156 Å². The van der Waals surface area contributed by atoms with Gasteiger partial charge in [0.1, 0.15) is 5.82 Å². The van der Waals surface area contributed by atoms with Crippen molar-refractivity contribution < 1.29 is 14.0 Å². The summed E-state index contributed by atoms with van der Waals surface area (Å²) in [7, 11) is 0. The zero-order valence-corrected chi connectivity index (χ0v) is 14.6. The highest BCUT2D eigenvalue weighted by molar-refractivity contribution is 6.06. The first-order valence-electron chi connectivity index (χ1n) is 8.57. The average molecular weight is 362 g/mol. The smallest absolute Gasteiger partial charge is 0.255 e. The zero-order chi connectivity index (χ0) is 19.2. The van der Waals surface area contributed by atoms with Gasteiger partial charge in [0.15, 0.2) is 0 Å². The van der Waals surface area contributed by atoms with Crippen LogP contribution in [-0.2, 0) is 12.8 Å². The summed E-state index contributed by atoms with van der Waals surface area (Å²) in [4.78, 5) is 24.0. The van der Waals surface area contributed by atoms with E-state index in [2.05, 4.69) is 5.32 Å². The molecule has 0 aliphatic carbocycles. The van der Waals surface area contributed by atoms with Crippen molar-refractivity contribution in [2.75, 3.05) is 5.32 Å². The number of rotatable bonds is 6. The fourth-order valence-corrected chi connectivity index (χ4v) is 2.87. The lowest BCUT2D eigenvalue weighted by Gasteiger charge is -2.11. The van der Waals surface area contributed by atoms with Crippen molar-refractivity contribution >= 4 is 17.5 Å². The number of nitrogens with one attached hydrogen (secondary N) is 1. The molecule has 27 heavy (non-hydrogen) atoms. The molecule has 3 N–H and O–H groups in total. The molecule has 0 saturated carbocycles. The molecule has 3 aromatic carbocycles. The predicted molar refractivity (Wildman–Crippen MR) is 103 cm³/mol. The minimum absolute atomic E-state index is 0.259. The SMILES string of the molecule is NC(=O)c1cc(NC(=O)c2ccccc2CCc2ccccc2)ccc1F. The number of nitrogens with two attached hydrogens (primary N) is 1. The Hall–Kier alpha value is -3.47. The zero-order valence-electron chi connectivity index (χ0n) is 14.6. The van der Waals surface area contributed by atoms with Crippen LogP contribution >= 0.6 is 0 Å². The Kier molecular flexibility index (Phi) is 5.61. The molecule has 136 valence electrons. The topological polar surface area (TPSA) is 72.2 Å². The second-order valence-corrected chi connectivity index (χ2v) is 6.16. The lowest BCUT2D eigenvalue weighted by atomic mass is 9.99. The van der Waals surface area contributed by atoms with Crippen LogP contribution < -0.4 is 11.1 Å². The van der Waals surface area contributed by atoms with Crippen LogP contribution in [0.3, 0.4) is 0 Å². The summed E-state index contributed by atoms with van der Waals surface area (Å²) in [6.45, 7) is 0. The molecule has 0 heterocycles. The van der Waals surface area contributed by atoms with E-state index in [1.807, 2.05) is 42.5 Å². The maximum absolute atomic E-state index is 13.6. The van der Waals surface area contributed by atoms with Gasteiger partial charge in [-0.05, 0) is 48.2 Å². The predicted octanol–water partition coefficient (Wildman–Crippen LogP) is 3.96. The minimum atomic E-state index is -0.883. The van der Waals surface area contributed by atoms with Gasteiger partial charge in [-0.1, -0.05) is 48.5 Å². The van der Waals surface area contributed by atoms with E-state index in [4.69, 9.17) is 5.73 Å². The fourth-order valence-electron chi connectivity index (χ4n) is 2.87. The highest BCUT2D eigenvalue weighted by Crippen LogP contribution is 2.18. The van der Waals surface area contributed by atoms with E-state index in [1.165, 1.54) is 17.7 Å². The third kappa shape index (κ3) is 4.58. The number of hydrogen-bond donors (Lipinski definition) is 2. The monoisotopic (exact) mass is 362 g/mol. The molecule has 5 heteroatoms. The van der Waals surface area contributed by atoms with Crippen LogP contribution in [0.5, 0.6) is 0 Å². The van der Waals surface area contributed by atoms with E-state index in [9.17, 15) is 14.0 Å². The van der Waals surface area contributed by atoms with E-state index in [1.54, 1.807) is 12.1 Å². The first kappa shape index (κ1) is 18.3. The van der Waals surface area contributed by atoms with E-state index in [0.29, 0.717) is 17.7 Å². The Morgan fingerprint density at radius 1 is 0.852 bits per heavy atom. The van der Waals surface area contributed by atoms with Crippen molar-refractivity contribution in [1.82, 2.24) is 0 Å². The molecular formula is C22H19FN2O2. The first-order valence-corrected chi connectivity index (χ1v) is 8.57. The lowest BCUT2D eigenvalue weighted by molar-refractivity contribution is 0.0992. The van der Waals surface area contributed by atoms with Crippen molar-refractivity contribution in [2.45, 2.75) is 12.8 Å². The second kappa shape index (κ2) is 8.27. The van der Waals surface area contributed by atoms with Crippen LogP contribution in [0.15, 0.2) is 72.8 Å². The molecule has 0 unspecified atom stereocenters. The van der Waals surface area contributed by atoms with Crippen molar-refractivity contribution in [3.8, 4) is 0 Å². The van der Waals surface area contributed by atoms with E-state index < -0.39 is 11.7 Å². The fraction of sp³-hybridized carbons (Fsp3) is 0.0909. The Bertz CT molecular complexity index is 971. The van der Waals surface area contributed by atoms with Gasteiger partial charge in [-0.15, -0.1) is 0 Å². The molecule has 0 radical (unpaired) electrons. The molecule has 0 aliphatic rings. The van der Waals surface area contributed by atoms with E-state index in [-0.39, 0.29) is 11.5 Å². The maximum atomic E-state index is 13.6. The van der Waals surface area contributed by atoms with Crippen LogP contribution in [0.4, 0.5) is 10.1 Å². The maximum Gasteiger partial charge on any atom is 0.255 e. The van der Waals surface area contributed by atoms with Gasteiger partial charge in [0.2, 0.25) is 0 Å². The summed E-state index contributed by atoms with van der Waals surface area (Å²) in [5.74, 6) is -1.92. The van der Waals surface area contributed by atoms with E-state index >= 15 is 0 Å². The normalized spacial score (nSPS) is 10.4. The van der Waals surface area contributed by atoms with Gasteiger partial charge < -0.3 is 11.1 Å². The van der Waals surface area contributed by atoms with Crippen LogP contribution in [-0.4, -0.2) is 11.8 Å². The average Bonchev–Trinajstić information content (AvgIpc) is 2.68. The van der Waals surface area contributed by atoms with Crippen LogP contribution in [0.25, 0.3) is 0 Å². The molecular weight excluding hydrogens is 343 g/mol. The standard InChI is InChI=1S/C22H19FN2O2/c23-20-13-12-17(14-19(20)21(24)26)25-22(27)18-9-5-4-8-16(18)11-10-15-6-2-1-3-7-15/h1-9,12-14H,10-11H2,(H2,24,26)(H,25,27). The number of anilines is 1. The first-order chi connectivity index (χ1) is 13.0. The van der Waals surface area contributed by atoms with Gasteiger partial charge in [0, 0.05) is 11.3 Å². The molecule has 0 atom stereocenters. The number of primary amides is 1. The Morgan fingerprint density at radius 3 is 2.30 bits per heavy atom. The number of carbonyl (C=O) groups excluding carboxylic acids is 2. The summed E-state index contributed by atoms with van der Waals surface area (Å²) in [6.07, 6.45) is 1.52. The summed E-state index contributed by atoms with van der Waals surface area (Å²) >= 11 is 0. The van der Waals surface area contributed by atoms with Crippen molar-refractivity contribution in [1.29, 1.82) is 0 Å². The highest BCUT2D eigenvalue weighted by Gasteiger charge is 2.14. The van der Waals surface area contributed by atoms with Crippen molar-refractivity contribution in [2.24, 2.45) is 5.73 Å². The molecule has 4 nitrogen and oxygen atoms in total. The molecule has 0 saturated heterocycles. The second-order valence-electron chi connectivity index (χ2n) is 6.16. The molecule has 0 aliphatic heterocycles. The van der Waals surface area contributed by atoms with Gasteiger partial charge in [0.05, 0.1) is 5.56 Å². The third-order valence-corrected chi connectivity index (χ3v) is 4.28. The van der Waals surface area contributed by atoms with Crippen molar-refractivity contribution in [3.05, 3.63) is 101 Å². The summed E-state index contributed by atoms with van der Waals surface area (Å²) in [6, 6.07) is 21.1. The van der Waals surface area contributed by atoms with Crippen LogP contribution in [0.1, 0.15) is 31.8 Å². The number of carbonyl (C=O) groups is 2. The molecule has 0 bridgehead atoms. The quantitative estimate of drug-likeness (QED) is 0.697. The molecule has 3 aromatic rings. The lowest BCUT2D eigenvalue weighted by Crippen LogP contribution is -2.17. The molecule has 0 aromatic heterocycles. The van der Waals surface area contributed by atoms with Crippen LogP contribution in [0.2, 0.25) is 0 Å². The highest BCUT2D eigenvalue weighted by atomic mass is 19.1. The Morgan fingerprint density at radius 2 is 1.56 bits per heavy atom. The number of benzene rings is 3. The minimum Gasteiger partial charge on any atom is -0.366 e. The van der Waals surface area contributed by atoms with Crippen molar-refractivity contribution in [3.63, 3.8) is 0 Å². The molecule has 2 amide bonds.